The van der Waals surface area contributed by atoms with Crippen LogP contribution in [0.3, 0.4) is 0 Å². The number of ether oxygens (including phenoxy) is 2. The second-order valence-electron chi connectivity index (χ2n) is 11.8. The fourth-order valence-electron chi connectivity index (χ4n) is 5.02. The third kappa shape index (κ3) is 11.3. The van der Waals surface area contributed by atoms with Gasteiger partial charge < -0.3 is 25.4 Å². The highest BCUT2D eigenvalue weighted by atomic mass is 32.2. The summed E-state index contributed by atoms with van der Waals surface area (Å²) in [7, 11) is 0. The first-order chi connectivity index (χ1) is 22.5. The summed E-state index contributed by atoms with van der Waals surface area (Å²) in [5.41, 5.74) is 0.904. The van der Waals surface area contributed by atoms with Crippen LogP contribution in [0, 0.1) is 0 Å². The molecular formula is C37H45N3O6S. The van der Waals surface area contributed by atoms with Gasteiger partial charge in [0.05, 0.1) is 6.61 Å². The highest BCUT2D eigenvalue weighted by Gasteiger charge is 2.38. The summed E-state index contributed by atoms with van der Waals surface area (Å²) in [6.07, 6.45) is 4.02. The zero-order valence-electron chi connectivity index (χ0n) is 27.7. The Labute approximate surface area is 281 Å². The Balaban J connectivity index is 1.88. The number of carbonyl (C=O) groups is 4. The second kappa shape index (κ2) is 17.9. The molecule has 3 N–H and O–H groups in total. The Morgan fingerprint density at radius 1 is 0.809 bits per heavy atom. The van der Waals surface area contributed by atoms with Crippen molar-refractivity contribution in [2.45, 2.75) is 63.8 Å². The fourth-order valence-corrected chi connectivity index (χ4v) is 5.59. The van der Waals surface area contributed by atoms with Crippen LogP contribution in [-0.2, 0) is 29.4 Å². The molecule has 47 heavy (non-hydrogen) atoms. The number of carbonyl (C=O) groups excluding carboxylic acids is 4. The van der Waals surface area contributed by atoms with E-state index in [-0.39, 0.29) is 31.1 Å². The Hall–Kier alpha value is -4.57. The first kappa shape index (κ1) is 36.9. The molecule has 0 fully saturated rings. The highest BCUT2D eigenvalue weighted by molar-refractivity contribution is 7.98. The molecule has 0 saturated carbocycles. The molecule has 3 rings (SSSR count). The van der Waals surface area contributed by atoms with E-state index in [9.17, 15) is 19.2 Å². The SMILES string of the molecule is CCOC(=O)/C=C/[C@H](CCC(=O)NC(c1ccccc1)(c1ccccc1)c1ccccc1)NC(=O)[C@H](CSC)NC(=O)OC(C)(C)C. The zero-order chi connectivity index (χ0) is 34.3. The largest absolute Gasteiger partial charge is 0.463 e. The van der Waals surface area contributed by atoms with Crippen LogP contribution in [0.4, 0.5) is 4.79 Å². The molecular weight excluding hydrogens is 614 g/mol. The van der Waals surface area contributed by atoms with E-state index in [0.29, 0.717) is 0 Å². The molecule has 3 aromatic rings. The van der Waals surface area contributed by atoms with Gasteiger partial charge in [-0.05, 0) is 57.1 Å². The number of thioether (sulfide) groups is 1. The number of alkyl carbamates (subject to hydrolysis) is 1. The van der Waals surface area contributed by atoms with Gasteiger partial charge in [0.2, 0.25) is 11.8 Å². The Morgan fingerprint density at radius 2 is 1.32 bits per heavy atom. The van der Waals surface area contributed by atoms with Crippen LogP contribution in [0.15, 0.2) is 103 Å². The smallest absolute Gasteiger partial charge is 0.408 e. The number of amides is 3. The lowest BCUT2D eigenvalue weighted by atomic mass is 9.77. The van der Waals surface area contributed by atoms with Crippen molar-refractivity contribution in [2.24, 2.45) is 0 Å². The van der Waals surface area contributed by atoms with Gasteiger partial charge in [0.25, 0.3) is 0 Å². The van der Waals surface area contributed by atoms with Crippen molar-refractivity contribution >= 4 is 35.6 Å². The fraction of sp³-hybridized carbons (Fsp3) is 0.351. The molecule has 250 valence electrons. The predicted octanol–water partition coefficient (Wildman–Crippen LogP) is 5.74. The summed E-state index contributed by atoms with van der Waals surface area (Å²) < 4.78 is 10.4. The molecule has 0 unspecified atom stereocenters. The third-order valence-corrected chi connectivity index (χ3v) is 7.72. The van der Waals surface area contributed by atoms with E-state index in [2.05, 4.69) is 16.0 Å². The van der Waals surface area contributed by atoms with Crippen LogP contribution in [0.2, 0.25) is 0 Å². The average molecular weight is 660 g/mol. The van der Waals surface area contributed by atoms with E-state index in [1.807, 2.05) is 97.3 Å². The van der Waals surface area contributed by atoms with Gasteiger partial charge in [-0.3, -0.25) is 9.59 Å². The van der Waals surface area contributed by atoms with Crippen molar-refractivity contribution in [3.63, 3.8) is 0 Å². The average Bonchev–Trinajstić information content (AvgIpc) is 3.05. The molecule has 0 saturated heterocycles. The summed E-state index contributed by atoms with van der Waals surface area (Å²) in [6.45, 7) is 7.10. The van der Waals surface area contributed by atoms with E-state index >= 15 is 0 Å². The van der Waals surface area contributed by atoms with Crippen LogP contribution >= 0.6 is 11.8 Å². The summed E-state index contributed by atoms with van der Waals surface area (Å²) in [6, 6.07) is 27.6. The molecule has 0 bridgehead atoms. The highest BCUT2D eigenvalue weighted by Crippen LogP contribution is 2.37. The molecule has 0 aliphatic rings. The van der Waals surface area contributed by atoms with Crippen molar-refractivity contribution in [1.29, 1.82) is 0 Å². The standard InChI is InChI=1S/C37H45N3O6S/c1-6-45-33(42)25-23-30(38-34(43)31(26-47-5)39-35(44)46-36(2,3)4)22-24-32(41)40-37(27-16-10-7-11-17-27,28-18-12-8-13-19-28)29-20-14-9-15-21-29/h7-21,23,25,30-31H,6,22,24,26H2,1-5H3,(H,38,43)(H,39,44)(H,40,41)/b25-23+/t30-,31-/m0/s1. The van der Waals surface area contributed by atoms with Gasteiger partial charge >= 0.3 is 12.1 Å². The molecule has 0 spiro atoms. The molecule has 3 aromatic carbocycles. The molecule has 2 atom stereocenters. The summed E-state index contributed by atoms with van der Waals surface area (Å²) >= 11 is 1.38. The Bertz CT molecular complexity index is 1380. The minimum absolute atomic E-state index is 0.0129. The molecule has 0 aromatic heterocycles. The monoisotopic (exact) mass is 659 g/mol. The number of benzene rings is 3. The Morgan fingerprint density at radius 3 is 1.77 bits per heavy atom. The second-order valence-corrected chi connectivity index (χ2v) is 12.7. The number of nitrogens with one attached hydrogen (secondary N) is 3. The normalized spacial score (nSPS) is 12.9. The maximum Gasteiger partial charge on any atom is 0.408 e. The lowest BCUT2D eigenvalue weighted by Gasteiger charge is -2.37. The predicted molar refractivity (Wildman–Crippen MR) is 186 cm³/mol. The van der Waals surface area contributed by atoms with Gasteiger partial charge in [-0.25, -0.2) is 9.59 Å². The van der Waals surface area contributed by atoms with Gasteiger partial charge in [-0.1, -0.05) is 97.1 Å². The van der Waals surface area contributed by atoms with Crippen LogP contribution in [-0.4, -0.2) is 60.2 Å². The number of hydrogen-bond donors (Lipinski definition) is 3. The van der Waals surface area contributed by atoms with Gasteiger partial charge in [0, 0.05) is 24.3 Å². The van der Waals surface area contributed by atoms with Crippen molar-refractivity contribution in [3.05, 3.63) is 120 Å². The van der Waals surface area contributed by atoms with Gasteiger partial charge in [-0.2, -0.15) is 11.8 Å². The van der Waals surface area contributed by atoms with Crippen molar-refractivity contribution < 1.29 is 28.7 Å². The zero-order valence-corrected chi connectivity index (χ0v) is 28.5. The molecule has 0 aliphatic heterocycles. The molecule has 0 heterocycles. The van der Waals surface area contributed by atoms with Crippen LogP contribution in [0.5, 0.6) is 0 Å². The Kier molecular flexibility index (Phi) is 14.1. The van der Waals surface area contributed by atoms with Crippen molar-refractivity contribution in [3.8, 4) is 0 Å². The molecule has 0 radical (unpaired) electrons. The van der Waals surface area contributed by atoms with Crippen LogP contribution in [0.25, 0.3) is 0 Å². The topological polar surface area (TPSA) is 123 Å². The third-order valence-electron chi connectivity index (χ3n) is 7.05. The first-order valence-electron chi connectivity index (χ1n) is 15.6. The first-order valence-corrected chi connectivity index (χ1v) is 17.0. The number of esters is 1. The minimum atomic E-state index is -0.999. The van der Waals surface area contributed by atoms with Gasteiger partial charge in [-0.15, -0.1) is 0 Å². The lowest BCUT2D eigenvalue weighted by Crippen LogP contribution is -2.52. The molecule has 0 aliphatic carbocycles. The van der Waals surface area contributed by atoms with E-state index in [0.717, 1.165) is 16.7 Å². The minimum Gasteiger partial charge on any atom is -0.463 e. The molecule has 3 amide bonds. The van der Waals surface area contributed by atoms with Gasteiger partial charge in [0.15, 0.2) is 0 Å². The summed E-state index contributed by atoms with van der Waals surface area (Å²) in [4.78, 5) is 51.9. The number of hydrogen-bond acceptors (Lipinski definition) is 7. The van der Waals surface area contributed by atoms with E-state index < -0.39 is 41.2 Å². The summed E-state index contributed by atoms with van der Waals surface area (Å²) in [5.74, 6) is -1.03. The number of rotatable bonds is 15. The van der Waals surface area contributed by atoms with Crippen LogP contribution < -0.4 is 16.0 Å². The van der Waals surface area contributed by atoms with Gasteiger partial charge in [0.1, 0.15) is 17.2 Å². The van der Waals surface area contributed by atoms with E-state index in [1.54, 1.807) is 27.7 Å². The maximum atomic E-state index is 13.9. The van der Waals surface area contributed by atoms with Crippen molar-refractivity contribution in [1.82, 2.24) is 16.0 Å². The van der Waals surface area contributed by atoms with E-state index in [4.69, 9.17) is 9.47 Å². The maximum absolute atomic E-state index is 13.9. The lowest BCUT2D eigenvalue weighted by molar-refractivity contribution is -0.137. The summed E-state index contributed by atoms with van der Waals surface area (Å²) in [5, 5.41) is 8.83. The molecule has 9 nitrogen and oxygen atoms in total. The quantitative estimate of drug-likeness (QED) is 0.108. The van der Waals surface area contributed by atoms with Crippen LogP contribution in [0.1, 0.15) is 57.2 Å². The van der Waals surface area contributed by atoms with Crippen molar-refractivity contribution in [2.75, 3.05) is 18.6 Å². The molecule has 10 heteroatoms. The van der Waals surface area contributed by atoms with E-state index in [1.165, 1.54) is 23.9 Å².